The fourth-order valence-corrected chi connectivity index (χ4v) is 3.30. The zero-order valence-corrected chi connectivity index (χ0v) is 13.3. The van der Waals surface area contributed by atoms with Crippen LogP contribution in [0.5, 0.6) is 0 Å². The lowest BCUT2D eigenvalue weighted by atomic mass is 10.1. The first kappa shape index (κ1) is 14.1. The molecule has 5 nitrogen and oxygen atoms in total. The first-order chi connectivity index (χ1) is 12.3. The van der Waals surface area contributed by atoms with Gasteiger partial charge in [0.25, 0.3) is 0 Å². The van der Waals surface area contributed by atoms with Crippen LogP contribution >= 0.6 is 0 Å². The van der Waals surface area contributed by atoms with Crippen LogP contribution in [-0.4, -0.2) is 25.0 Å². The van der Waals surface area contributed by atoms with Gasteiger partial charge in [-0.05, 0) is 35.9 Å². The van der Waals surface area contributed by atoms with E-state index >= 15 is 0 Å². The minimum Gasteiger partial charge on any atom is -0.392 e. The highest BCUT2D eigenvalue weighted by Gasteiger charge is 2.12. The molecule has 120 valence electrons. The number of fused-ring (bicyclic) bond motifs is 4. The Morgan fingerprint density at radius 2 is 1.68 bits per heavy atom. The van der Waals surface area contributed by atoms with E-state index < -0.39 is 0 Å². The van der Waals surface area contributed by atoms with Crippen LogP contribution in [-0.2, 0) is 6.61 Å². The molecule has 5 heteroatoms. The molecule has 2 N–H and O–H groups in total. The quantitative estimate of drug-likeness (QED) is 0.517. The normalized spacial score (nSPS) is 11.6. The summed E-state index contributed by atoms with van der Waals surface area (Å²) in [5, 5.41) is 11.6. The monoisotopic (exact) mass is 326 g/mol. The van der Waals surface area contributed by atoms with Crippen molar-refractivity contribution in [2.45, 2.75) is 6.61 Å². The second-order valence-corrected chi connectivity index (χ2v) is 6.01. The van der Waals surface area contributed by atoms with E-state index in [0.29, 0.717) is 0 Å². The molecular formula is C20H14N4O. The lowest BCUT2D eigenvalue weighted by molar-refractivity contribution is 0.282. The maximum absolute atomic E-state index is 9.40. The third-order valence-electron chi connectivity index (χ3n) is 4.51. The SMILES string of the molecule is OCc1ccc2[nH]c3c(-c4ccc5nccnc5c4)nccc3c2c1. The highest BCUT2D eigenvalue weighted by Crippen LogP contribution is 2.32. The van der Waals surface area contributed by atoms with Crippen LogP contribution in [0.2, 0.25) is 0 Å². The number of benzene rings is 2. The molecule has 0 saturated carbocycles. The van der Waals surface area contributed by atoms with Crippen molar-refractivity contribution in [3.05, 3.63) is 66.6 Å². The number of hydrogen-bond donors (Lipinski definition) is 2. The van der Waals surface area contributed by atoms with Gasteiger partial charge in [-0.25, -0.2) is 0 Å². The molecule has 3 aromatic heterocycles. The standard InChI is InChI=1S/C20H14N4O/c25-11-12-1-3-16-15(9-12)14-5-6-23-19(20(14)24-16)13-2-4-17-18(10-13)22-8-7-21-17/h1-10,24-25H,11H2. The molecule has 0 bridgehead atoms. The number of aliphatic hydroxyl groups excluding tert-OH is 1. The number of aromatic amines is 1. The summed E-state index contributed by atoms with van der Waals surface area (Å²) in [7, 11) is 0. The number of hydrogen-bond acceptors (Lipinski definition) is 4. The molecule has 5 aromatic rings. The first-order valence-corrected chi connectivity index (χ1v) is 8.05. The zero-order chi connectivity index (χ0) is 16.8. The van der Waals surface area contributed by atoms with Crippen molar-refractivity contribution in [2.75, 3.05) is 0 Å². The van der Waals surface area contributed by atoms with E-state index in [-0.39, 0.29) is 6.61 Å². The van der Waals surface area contributed by atoms with Crippen molar-refractivity contribution in [3.63, 3.8) is 0 Å². The number of aromatic nitrogens is 4. The predicted molar refractivity (Wildman–Crippen MR) is 98.1 cm³/mol. The Hall–Kier alpha value is -3.31. The minimum absolute atomic E-state index is 0.0316. The van der Waals surface area contributed by atoms with Crippen LogP contribution in [0.3, 0.4) is 0 Å². The van der Waals surface area contributed by atoms with Gasteiger partial charge >= 0.3 is 0 Å². The third kappa shape index (κ3) is 2.17. The highest BCUT2D eigenvalue weighted by atomic mass is 16.3. The number of pyridine rings is 1. The molecule has 3 heterocycles. The van der Waals surface area contributed by atoms with E-state index in [0.717, 1.165) is 49.7 Å². The molecule has 0 unspecified atom stereocenters. The van der Waals surface area contributed by atoms with Crippen molar-refractivity contribution < 1.29 is 5.11 Å². The Morgan fingerprint density at radius 1 is 0.800 bits per heavy atom. The Bertz CT molecular complexity index is 1240. The second kappa shape index (κ2) is 5.36. The van der Waals surface area contributed by atoms with Crippen molar-refractivity contribution >= 4 is 32.8 Å². The number of nitrogens with one attached hydrogen (secondary N) is 1. The smallest absolute Gasteiger partial charge is 0.0943 e. The van der Waals surface area contributed by atoms with Gasteiger partial charge in [-0.3, -0.25) is 15.0 Å². The van der Waals surface area contributed by atoms with E-state index in [1.54, 1.807) is 12.4 Å². The minimum atomic E-state index is 0.0316. The van der Waals surface area contributed by atoms with Crippen LogP contribution in [0.25, 0.3) is 44.1 Å². The first-order valence-electron chi connectivity index (χ1n) is 8.05. The Balaban J connectivity index is 1.80. The van der Waals surface area contributed by atoms with Crippen LogP contribution in [0, 0.1) is 0 Å². The average molecular weight is 326 g/mol. The van der Waals surface area contributed by atoms with Crippen LogP contribution in [0.1, 0.15) is 5.56 Å². The van der Waals surface area contributed by atoms with Crippen LogP contribution in [0.15, 0.2) is 61.1 Å². The largest absolute Gasteiger partial charge is 0.392 e. The van der Waals surface area contributed by atoms with Gasteiger partial charge in [0.05, 0.1) is 28.9 Å². The fourth-order valence-electron chi connectivity index (χ4n) is 3.30. The molecule has 0 saturated heterocycles. The molecule has 0 aliphatic carbocycles. The topological polar surface area (TPSA) is 74.7 Å². The molecule has 0 radical (unpaired) electrons. The van der Waals surface area contributed by atoms with Gasteiger partial charge in [0.15, 0.2) is 0 Å². The molecule has 5 rings (SSSR count). The van der Waals surface area contributed by atoms with Crippen LogP contribution in [0.4, 0.5) is 0 Å². The third-order valence-corrected chi connectivity index (χ3v) is 4.51. The van der Waals surface area contributed by atoms with Crippen molar-refractivity contribution in [1.82, 2.24) is 19.9 Å². The molecule has 0 amide bonds. The summed E-state index contributed by atoms with van der Waals surface area (Å²) in [6.45, 7) is 0.0316. The molecule has 0 atom stereocenters. The summed E-state index contributed by atoms with van der Waals surface area (Å²) in [5.41, 5.74) is 6.49. The summed E-state index contributed by atoms with van der Waals surface area (Å²) < 4.78 is 0. The van der Waals surface area contributed by atoms with Crippen molar-refractivity contribution in [2.24, 2.45) is 0 Å². The van der Waals surface area contributed by atoms with Crippen molar-refractivity contribution in [1.29, 1.82) is 0 Å². The average Bonchev–Trinajstić information content (AvgIpc) is 3.05. The van der Waals surface area contributed by atoms with Gasteiger partial charge < -0.3 is 10.1 Å². The summed E-state index contributed by atoms with van der Waals surface area (Å²) in [5.74, 6) is 0. The van der Waals surface area contributed by atoms with Gasteiger partial charge in [0.2, 0.25) is 0 Å². The lowest BCUT2D eigenvalue weighted by Crippen LogP contribution is -1.87. The van der Waals surface area contributed by atoms with E-state index in [1.807, 2.05) is 48.7 Å². The van der Waals surface area contributed by atoms with Crippen LogP contribution < -0.4 is 0 Å². The molecule has 2 aromatic carbocycles. The number of aliphatic hydroxyl groups is 1. The Kier molecular flexibility index (Phi) is 3.02. The summed E-state index contributed by atoms with van der Waals surface area (Å²) >= 11 is 0. The molecule has 25 heavy (non-hydrogen) atoms. The maximum atomic E-state index is 9.40. The lowest BCUT2D eigenvalue weighted by Gasteiger charge is -2.04. The van der Waals surface area contributed by atoms with E-state index in [1.165, 1.54) is 0 Å². The predicted octanol–water partition coefficient (Wildman–Crippen LogP) is 3.82. The molecule has 0 fully saturated rings. The summed E-state index contributed by atoms with van der Waals surface area (Å²) in [6.07, 6.45) is 5.20. The molecule has 0 aliphatic heterocycles. The summed E-state index contributed by atoms with van der Waals surface area (Å²) in [6, 6.07) is 13.9. The Labute approximate surface area is 143 Å². The molecular weight excluding hydrogens is 312 g/mol. The number of rotatable bonds is 2. The van der Waals surface area contributed by atoms with Gasteiger partial charge in [-0.15, -0.1) is 0 Å². The fraction of sp³-hybridized carbons (Fsp3) is 0.0500. The Morgan fingerprint density at radius 3 is 2.56 bits per heavy atom. The van der Waals surface area contributed by atoms with E-state index in [4.69, 9.17) is 0 Å². The second-order valence-electron chi connectivity index (χ2n) is 6.01. The van der Waals surface area contributed by atoms with E-state index in [2.05, 4.69) is 19.9 Å². The molecule has 0 spiro atoms. The van der Waals surface area contributed by atoms with Crippen molar-refractivity contribution in [3.8, 4) is 11.3 Å². The summed E-state index contributed by atoms with van der Waals surface area (Å²) in [4.78, 5) is 16.8. The van der Waals surface area contributed by atoms with Gasteiger partial charge in [-0.1, -0.05) is 12.1 Å². The van der Waals surface area contributed by atoms with E-state index in [9.17, 15) is 5.11 Å². The zero-order valence-electron chi connectivity index (χ0n) is 13.3. The maximum Gasteiger partial charge on any atom is 0.0943 e. The highest BCUT2D eigenvalue weighted by molar-refractivity contribution is 6.11. The number of H-pyrrole nitrogens is 1. The molecule has 0 aliphatic rings. The van der Waals surface area contributed by atoms with Gasteiger partial charge in [-0.2, -0.15) is 0 Å². The number of nitrogens with zero attached hydrogens (tertiary/aromatic N) is 3. The van der Waals surface area contributed by atoms with Gasteiger partial charge in [0, 0.05) is 40.4 Å². The van der Waals surface area contributed by atoms with Gasteiger partial charge in [0.1, 0.15) is 0 Å².